The molecule has 0 fully saturated rings. The van der Waals surface area contributed by atoms with E-state index in [9.17, 15) is 46.4 Å². The predicted molar refractivity (Wildman–Crippen MR) is 290 cm³/mol. The molecule has 0 radical (unpaired) electrons. The third-order valence-electron chi connectivity index (χ3n) is 13.0. The third kappa shape index (κ3) is 20.7. The van der Waals surface area contributed by atoms with Crippen molar-refractivity contribution < 1.29 is 55.3 Å². The maximum Gasteiger partial charge on any atom is 0.158 e. The van der Waals surface area contributed by atoms with Crippen molar-refractivity contribution in [2.75, 3.05) is 39.3 Å². The summed E-state index contributed by atoms with van der Waals surface area (Å²) in [4.78, 5) is -0.741. The first-order valence-corrected chi connectivity index (χ1v) is 28.7. The quantitative estimate of drug-likeness (QED) is 0.0257. The maximum atomic E-state index is 10.8. The molecule has 6 aromatic rings. The SMILES string of the molecule is CCCC[N+](CCCC)(CCCC)Cc1ccccc1.CCCC[N+](CCCC)(CCCC)Cc1ccccc1.O=S(=O)([O-])c1ccc2cc(O)c(O)cc2c1.O=S(=O)([O-])c1ccc2cc(O)c(O)cc2c1. The first-order chi connectivity index (χ1) is 34.3. The number of phenolic OH excluding ortho intramolecular Hbond substituents is 4. The standard InChI is InChI=1S/2C19H34N.2C10H8O5S/c2*1-4-7-15-20(16-8-5-2,17-9-6-3)18-19-13-11-10-12-14-19;2*11-9-4-6-1-2-8(16(13,14)15)3-7(6)5-10(9)12/h2*10-14H,4-9,15-18H2,1-3H3;2*1-5,11-12H,(H,13,14,15)/q2*+1;;/p-2. The lowest BCUT2D eigenvalue weighted by Gasteiger charge is -2.39. The smallest absolute Gasteiger partial charge is 0.158 e. The number of hydrogen-bond acceptors (Lipinski definition) is 10. The number of hydrogen-bond donors (Lipinski definition) is 4. The molecule has 0 heterocycles. The summed E-state index contributed by atoms with van der Waals surface area (Å²) in [5.74, 6) is -1.34. The van der Waals surface area contributed by atoms with Crippen LogP contribution < -0.4 is 0 Å². The van der Waals surface area contributed by atoms with Crippen molar-refractivity contribution in [2.24, 2.45) is 0 Å². The van der Waals surface area contributed by atoms with Gasteiger partial charge in [-0.25, -0.2) is 16.8 Å². The van der Waals surface area contributed by atoms with Crippen LogP contribution in [0.4, 0.5) is 0 Å². The van der Waals surface area contributed by atoms with Crippen LogP contribution in [-0.4, -0.2) is 94.6 Å². The molecular weight excluding hydrogens is 949 g/mol. The van der Waals surface area contributed by atoms with Gasteiger partial charge in [-0.2, -0.15) is 0 Å². The molecule has 0 unspecified atom stereocenters. The number of nitrogens with zero attached hydrogens (tertiary/aromatic N) is 2. The van der Waals surface area contributed by atoms with Crippen molar-refractivity contribution in [1.29, 1.82) is 0 Å². The Morgan fingerprint density at radius 1 is 0.361 bits per heavy atom. The van der Waals surface area contributed by atoms with Crippen molar-refractivity contribution in [3.8, 4) is 23.0 Å². The van der Waals surface area contributed by atoms with Gasteiger partial charge in [0.2, 0.25) is 0 Å². The highest BCUT2D eigenvalue weighted by atomic mass is 32.2. The molecule has 0 amide bonds. The van der Waals surface area contributed by atoms with Gasteiger partial charge in [0.05, 0.1) is 49.1 Å². The third-order valence-corrected chi connectivity index (χ3v) is 14.7. The fraction of sp³-hybridized carbons (Fsp3) is 0.448. The summed E-state index contributed by atoms with van der Waals surface area (Å²) in [6.07, 6.45) is 16.0. The molecule has 0 atom stereocenters. The summed E-state index contributed by atoms with van der Waals surface area (Å²) in [5.41, 5.74) is 3.02. The van der Waals surface area contributed by atoms with E-state index in [-0.39, 0.29) is 32.8 Å². The Morgan fingerprint density at radius 3 is 0.847 bits per heavy atom. The average Bonchev–Trinajstić information content (AvgIpc) is 3.36. The zero-order valence-corrected chi connectivity index (χ0v) is 45.3. The molecule has 396 valence electrons. The monoisotopic (exact) mass is 1030 g/mol. The van der Waals surface area contributed by atoms with E-state index in [4.69, 9.17) is 0 Å². The summed E-state index contributed by atoms with van der Waals surface area (Å²) in [5, 5.41) is 38.7. The highest BCUT2D eigenvalue weighted by molar-refractivity contribution is 7.86. The molecule has 0 spiro atoms. The number of phenols is 4. The van der Waals surface area contributed by atoms with Gasteiger partial charge in [-0.15, -0.1) is 0 Å². The molecule has 0 saturated heterocycles. The van der Waals surface area contributed by atoms with E-state index >= 15 is 0 Å². The van der Waals surface area contributed by atoms with Gasteiger partial charge >= 0.3 is 0 Å². The lowest BCUT2D eigenvalue weighted by molar-refractivity contribution is -0.941. The van der Waals surface area contributed by atoms with E-state index in [2.05, 4.69) is 102 Å². The van der Waals surface area contributed by atoms with E-state index in [1.54, 1.807) is 0 Å². The van der Waals surface area contributed by atoms with Crippen molar-refractivity contribution in [2.45, 2.75) is 141 Å². The van der Waals surface area contributed by atoms with Gasteiger partial charge in [0.1, 0.15) is 33.3 Å². The van der Waals surface area contributed by atoms with Crippen LogP contribution in [0, 0.1) is 0 Å². The molecule has 0 aliphatic heterocycles. The Bertz CT molecular complexity index is 2500. The molecule has 0 bridgehead atoms. The minimum absolute atomic E-state index is 0.301. The van der Waals surface area contributed by atoms with E-state index in [1.165, 1.54) is 186 Å². The normalized spacial score (nSPS) is 11.8. The van der Waals surface area contributed by atoms with Gasteiger partial charge in [-0.05, 0) is 109 Å². The first kappa shape index (κ1) is 61.1. The van der Waals surface area contributed by atoms with Crippen LogP contribution in [0.2, 0.25) is 0 Å². The molecule has 6 rings (SSSR count). The highest BCUT2D eigenvalue weighted by Crippen LogP contribution is 2.33. The molecule has 0 aromatic heterocycles. The second kappa shape index (κ2) is 30.7. The summed E-state index contributed by atoms with van der Waals surface area (Å²) in [6, 6.07) is 34.5. The van der Waals surface area contributed by atoms with Gasteiger partial charge in [0.25, 0.3) is 0 Å². The Labute approximate surface area is 431 Å². The Balaban J connectivity index is 0.000000255. The van der Waals surface area contributed by atoms with Crippen LogP contribution in [-0.2, 0) is 33.3 Å². The number of benzene rings is 6. The summed E-state index contributed by atoms with van der Waals surface area (Å²) in [6.45, 7) is 24.5. The molecule has 0 aliphatic carbocycles. The fourth-order valence-electron chi connectivity index (χ4n) is 8.86. The van der Waals surface area contributed by atoms with Crippen LogP contribution in [0.1, 0.15) is 130 Å². The Hall–Kier alpha value is -5.22. The van der Waals surface area contributed by atoms with E-state index in [0.717, 1.165) is 24.3 Å². The number of quaternary nitrogens is 2. The van der Waals surface area contributed by atoms with Crippen molar-refractivity contribution in [3.05, 3.63) is 132 Å². The zero-order chi connectivity index (χ0) is 53.2. The predicted octanol–water partition coefficient (Wildman–Crippen LogP) is 13.1. The van der Waals surface area contributed by atoms with E-state index in [0.29, 0.717) is 21.5 Å². The molecule has 0 saturated carbocycles. The van der Waals surface area contributed by atoms with Crippen LogP contribution in [0.3, 0.4) is 0 Å². The molecule has 6 aromatic carbocycles. The number of fused-ring (bicyclic) bond motifs is 2. The van der Waals surface area contributed by atoms with Gasteiger partial charge < -0.3 is 38.5 Å². The molecule has 72 heavy (non-hydrogen) atoms. The number of unbranched alkanes of at least 4 members (excludes halogenated alkanes) is 6. The van der Waals surface area contributed by atoms with Crippen LogP contribution >= 0.6 is 0 Å². The molecule has 14 heteroatoms. The summed E-state index contributed by atoms with van der Waals surface area (Å²) >= 11 is 0. The van der Waals surface area contributed by atoms with E-state index in [1.807, 2.05) is 0 Å². The van der Waals surface area contributed by atoms with E-state index < -0.39 is 20.2 Å². The molecule has 12 nitrogen and oxygen atoms in total. The Kier molecular flexibility index (Phi) is 26.1. The summed E-state index contributed by atoms with van der Waals surface area (Å²) < 4.78 is 67.2. The number of rotatable bonds is 24. The Morgan fingerprint density at radius 2 is 0.611 bits per heavy atom. The second-order valence-electron chi connectivity index (χ2n) is 19.0. The number of aromatic hydroxyl groups is 4. The van der Waals surface area contributed by atoms with Gasteiger partial charge in [-0.1, -0.05) is 153 Å². The lowest BCUT2D eigenvalue weighted by atomic mass is 10.1. The van der Waals surface area contributed by atoms with Crippen LogP contribution in [0.25, 0.3) is 21.5 Å². The first-order valence-electron chi connectivity index (χ1n) is 25.9. The topological polar surface area (TPSA) is 195 Å². The van der Waals surface area contributed by atoms with Crippen molar-refractivity contribution >= 4 is 41.8 Å². The van der Waals surface area contributed by atoms with Gasteiger partial charge in [-0.3, -0.25) is 0 Å². The van der Waals surface area contributed by atoms with Gasteiger partial charge in [0, 0.05) is 11.1 Å². The molecule has 0 aliphatic rings. The minimum Gasteiger partial charge on any atom is -0.744 e. The van der Waals surface area contributed by atoms with Crippen molar-refractivity contribution in [3.63, 3.8) is 0 Å². The summed E-state index contributed by atoms with van der Waals surface area (Å²) in [7, 11) is -9.02. The lowest BCUT2D eigenvalue weighted by Crippen LogP contribution is -2.49. The molecule has 4 N–H and O–H groups in total. The van der Waals surface area contributed by atoms with Crippen LogP contribution in [0.5, 0.6) is 23.0 Å². The zero-order valence-electron chi connectivity index (χ0n) is 43.6. The minimum atomic E-state index is -4.51. The van der Waals surface area contributed by atoms with Crippen molar-refractivity contribution in [1.82, 2.24) is 0 Å². The second-order valence-corrected chi connectivity index (χ2v) is 21.8. The largest absolute Gasteiger partial charge is 0.744 e. The van der Waals surface area contributed by atoms with Crippen LogP contribution in [0.15, 0.2) is 131 Å². The molecular formula is C58H82N2O10S2. The average molecular weight is 1030 g/mol. The highest BCUT2D eigenvalue weighted by Gasteiger charge is 2.27. The fourth-order valence-corrected chi connectivity index (χ4v) is 9.87. The maximum absolute atomic E-state index is 10.8. The van der Waals surface area contributed by atoms with Gasteiger partial charge in [0.15, 0.2) is 23.0 Å².